The molecule has 4 rings (SSSR count). The number of rotatable bonds is 2. The van der Waals surface area contributed by atoms with Gasteiger partial charge in [-0.05, 0) is 18.2 Å². The highest BCUT2D eigenvalue weighted by atomic mass is 32.2. The molecule has 2 aliphatic rings. The van der Waals surface area contributed by atoms with E-state index in [1.165, 1.54) is 6.07 Å². The molecular formula is C20H18N2O4S. The number of fused-ring (bicyclic) bond motifs is 1. The molecule has 2 aromatic carbocycles. The molecule has 0 N–H and O–H groups in total. The third kappa shape index (κ3) is 3.14. The molecule has 2 aromatic rings. The minimum atomic E-state index is -3.57. The lowest BCUT2D eigenvalue weighted by atomic mass is 10.1. The van der Waals surface area contributed by atoms with Gasteiger partial charge in [0.25, 0.3) is 11.8 Å². The summed E-state index contributed by atoms with van der Waals surface area (Å²) in [6.45, 7) is 1.58. The second-order valence-electron chi connectivity index (χ2n) is 6.52. The Morgan fingerprint density at radius 3 is 1.96 bits per heavy atom. The van der Waals surface area contributed by atoms with Crippen LogP contribution >= 0.6 is 0 Å². The number of nitrogens with zero attached hydrogens (tertiary/aromatic N) is 2. The normalized spacial score (nSPS) is 18.0. The monoisotopic (exact) mass is 382 g/mol. The van der Waals surface area contributed by atoms with Gasteiger partial charge in [-0.2, -0.15) is 0 Å². The van der Waals surface area contributed by atoms with Crippen LogP contribution in [-0.4, -0.2) is 56.2 Å². The van der Waals surface area contributed by atoms with Gasteiger partial charge in [-0.25, -0.2) is 8.42 Å². The molecule has 27 heavy (non-hydrogen) atoms. The van der Waals surface area contributed by atoms with E-state index in [0.717, 1.165) is 5.41 Å². The summed E-state index contributed by atoms with van der Waals surface area (Å²) >= 11 is 0. The SMILES string of the molecule is O=C(C1=CS(=O)(=O)c2ccccc21)N1CCN(C(=O)c2ccccc2)CC1. The summed E-state index contributed by atoms with van der Waals surface area (Å²) in [4.78, 5) is 28.9. The third-order valence-corrected chi connectivity index (χ3v) is 6.38. The van der Waals surface area contributed by atoms with Crippen LogP contribution in [-0.2, 0) is 14.6 Å². The summed E-state index contributed by atoms with van der Waals surface area (Å²) in [6.07, 6.45) is 0. The maximum absolute atomic E-state index is 12.9. The van der Waals surface area contributed by atoms with Crippen molar-refractivity contribution in [3.05, 3.63) is 71.1 Å². The van der Waals surface area contributed by atoms with Gasteiger partial charge in [0, 0.05) is 42.7 Å². The molecule has 6 nitrogen and oxygen atoms in total. The van der Waals surface area contributed by atoms with Crippen molar-refractivity contribution in [2.24, 2.45) is 0 Å². The smallest absolute Gasteiger partial charge is 0.255 e. The first-order valence-corrected chi connectivity index (χ1v) is 10.2. The molecule has 0 bridgehead atoms. The Morgan fingerprint density at radius 1 is 0.741 bits per heavy atom. The summed E-state index contributed by atoms with van der Waals surface area (Å²) in [5.74, 6) is -0.369. The van der Waals surface area contributed by atoms with Crippen LogP contribution in [0.15, 0.2) is 64.9 Å². The molecule has 2 amide bonds. The lowest BCUT2D eigenvalue weighted by Gasteiger charge is -2.35. The first kappa shape index (κ1) is 17.5. The van der Waals surface area contributed by atoms with Crippen LogP contribution in [0, 0.1) is 0 Å². The van der Waals surface area contributed by atoms with Crippen molar-refractivity contribution < 1.29 is 18.0 Å². The van der Waals surface area contributed by atoms with Crippen molar-refractivity contribution in [3.8, 4) is 0 Å². The Balaban J connectivity index is 1.48. The molecular weight excluding hydrogens is 364 g/mol. The van der Waals surface area contributed by atoms with Crippen LogP contribution in [0.5, 0.6) is 0 Å². The van der Waals surface area contributed by atoms with E-state index in [0.29, 0.717) is 37.3 Å². The van der Waals surface area contributed by atoms with Gasteiger partial charge in [-0.3, -0.25) is 9.59 Å². The van der Waals surface area contributed by atoms with Gasteiger partial charge in [0.2, 0.25) is 9.84 Å². The number of hydrogen-bond donors (Lipinski definition) is 0. The van der Waals surface area contributed by atoms with E-state index < -0.39 is 9.84 Å². The van der Waals surface area contributed by atoms with E-state index in [1.54, 1.807) is 40.1 Å². The molecule has 138 valence electrons. The van der Waals surface area contributed by atoms with Crippen molar-refractivity contribution in [2.45, 2.75) is 4.90 Å². The molecule has 2 heterocycles. The standard InChI is InChI=1S/C20H18N2O4S/c23-19(15-6-2-1-3-7-15)21-10-12-22(13-11-21)20(24)17-14-27(25,26)18-9-5-4-8-16(17)18/h1-9,14H,10-13H2. The maximum atomic E-state index is 12.9. The quantitative estimate of drug-likeness (QED) is 0.794. The maximum Gasteiger partial charge on any atom is 0.255 e. The van der Waals surface area contributed by atoms with Crippen molar-refractivity contribution in [1.29, 1.82) is 0 Å². The van der Waals surface area contributed by atoms with Crippen LogP contribution in [0.4, 0.5) is 0 Å². The number of carbonyl (C=O) groups excluding carboxylic acids is 2. The minimum absolute atomic E-state index is 0.0595. The third-order valence-electron chi connectivity index (χ3n) is 4.86. The molecule has 0 radical (unpaired) electrons. The number of hydrogen-bond acceptors (Lipinski definition) is 4. The molecule has 0 unspecified atom stereocenters. The first-order chi connectivity index (χ1) is 13.0. The van der Waals surface area contributed by atoms with E-state index in [9.17, 15) is 18.0 Å². The second-order valence-corrected chi connectivity index (χ2v) is 8.29. The van der Waals surface area contributed by atoms with Gasteiger partial charge >= 0.3 is 0 Å². The summed E-state index contributed by atoms with van der Waals surface area (Å²) in [5.41, 5.74) is 1.27. The van der Waals surface area contributed by atoms with Crippen LogP contribution < -0.4 is 0 Å². The number of sulfone groups is 1. The first-order valence-electron chi connectivity index (χ1n) is 8.67. The lowest BCUT2D eigenvalue weighted by Crippen LogP contribution is -2.50. The summed E-state index contributed by atoms with van der Waals surface area (Å²) in [7, 11) is -3.57. The zero-order valence-corrected chi connectivity index (χ0v) is 15.4. The fourth-order valence-electron chi connectivity index (χ4n) is 3.43. The Labute approximate surface area is 157 Å². The average Bonchev–Trinajstić information content (AvgIpc) is 2.99. The predicted molar refractivity (Wildman–Crippen MR) is 101 cm³/mol. The van der Waals surface area contributed by atoms with E-state index in [-0.39, 0.29) is 22.3 Å². The van der Waals surface area contributed by atoms with Crippen LogP contribution in [0.1, 0.15) is 15.9 Å². The van der Waals surface area contributed by atoms with Crippen molar-refractivity contribution in [2.75, 3.05) is 26.2 Å². The molecule has 7 heteroatoms. The average molecular weight is 382 g/mol. The molecule has 1 saturated heterocycles. The summed E-state index contributed by atoms with van der Waals surface area (Å²) in [5, 5.41) is 1.06. The van der Waals surface area contributed by atoms with E-state index in [2.05, 4.69) is 0 Å². The van der Waals surface area contributed by atoms with Gasteiger partial charge in [-0.15, -0.1) is 0 Å². The highest BCUT2D eigenvalue weighted by Crippen LogP contribution is 2.34. The van der Waals surface area contributed by atoms with Gasteiger partial charge in [0.05, 0.1) is 10.5 Å². The highest BCUT2D eigenvalue weighted by molar-refractivity contribution is 7.95. The van der Waals surface area contributed by atoms with Crippen molar-refractivity contribution in [3.63, 3.8) is 0 Å². The molecule has 0 atom stereocenters. The van der Waals surface area contributed by atoms with Gasteiger partial charge in [0.1, 0.15) is 0 Å². The summed E-state index contributed by atoms with van der Waals surface area (Å²) < 4.78 is 24.5. The Bertz CT molecular complexity index is 1040. The molecule has 0 spiro atoms. The van der Waals surface area contributed by atoms with E-state index in [1.807, 2.05) is 18.2 Å². The molecule has 0 aromatic heterocycles. The number of amides is 2. The highest BCUT2D eigenvalue weighted by Gasteiger charge is 2.34. The Morgan fingerprint density at radius 2 is 1.30 bits per heavy atom. The van der Waals surface area contributed by atoms with Gasteiger partial charge in [0.15, 0.2) is 0 Å². The number of benzene rings is 2. The zero-order chi connectivity index (χ0) is 19.0. The minimum Gasteiger partial charge on any atom is -0.335 e. The van der Waals surface area contributed by atoms with E-state index >= 15 is 0 Å². The predicted octanol–water partition coefficient (Wildman–Crippen LogP) is 1.80. The lowest BCUT2D eigenvalue weighted by molar-refractivity contribution is -0.126. The second kappa shape index (κ2) is 6.66. The Kier molecular flexibility index (Phi) is 4.31. The summed E-state index contributed by atoms with van der Waals surface area (Å²) in [6, 6.07) is 15.6. The molecule has 1 fully saturated rings. The van der Waals surface area contributed by atoms with Crippen LogP contribution in [0.25, 0.3) is 5.57 Å². The van der Waals surface area contributed by atoms with E-state index in [4.69, 9.17) is 0 Å². The fraction of sp³-hybridized carbons (Fsp3) is 0.200. The topological polar surface area (TPSA) is 74.8 Å². The Hall–Kier alpha value is -2.93. The zero-order valence-electron chi connectivity index (χ0n) is 14.5. The van der Waals surface area contributed by atoms with Crippen LogP contribution in [0.3, 0.4) is 0 Å². The van der Waals surface area contributed by atoms with Crippen LogP contribution in [0.2, 0.25) is 0 Å². The van der Waals surface area contributed by atoms with Crippen molar-refractivity contribution in [1.82, 2.24) is 9.80 Å². The number of carbonyl (C=O) groups is 2. The molecule has 0 aliphatic carbocycles. The van der Waals surface area contributed by atoms with Crippen molar-refractivity contribution >= 4 is 27.2 Å². The van der Waals surface area contributed by atoms with Gasteiger partial charge in [-0.1, -0.05) is 36.4 Å². The fourth-order valence-corrected chi connectivity index (χ4v) is 4.85. The number of piperazine rings is 1. The molecule has 0 saturated carbocycles. The largest absolute Gasteiger partial charge is 0.335 e. The molecule has 2 aliphatic heterocycles. The van der Waals surface area contributed by atoms with Gasteiger partial charge < -0.3 is 9.80 Å².